The van der Waals surface area contributed by atoms with Crippen LogP contribution < -0.4 is 14.8 Å². The summed E-state index contributed by atoms with van der Waals surface area (Å²) in [5, 5.41) is 1.08. The summed E-state index contributed by atoms with van der Waals surface area (Å²) in [7, 11) is -4.77. The van der Waals surface area contributed by atoms with Gasteiger partial charge in [0, 0.05) is 25.9 Å². The number of aromatic nitrogens is 1. The molecule has 0 aliphatic heterocycles. The molecular formula is C34H35N3O7S3. The molecule has 1 amide bonds. The molecule has 0 saturated heterocycles. The maximum atomic E-state index is 13.7. The molecule has 1 aromatic heterocycles. The van der Waals surface area contributed by atoms with E-state index in [1.165, 1.54) is 4.31 Å². The molecule has 47 heavy (non-hydrogen) atoms. The highest BCUT2D eigenvalue weighted by Crippen LogP contribution is 2.33. The van der Waals surface area contributed by atoms with Crippen LogP contribution in [0.25, 0.3) is 21.3 Å². The third-order valence-electron chi connectivity index (χ3n) is 7.49. The van der Waals surface area contributed by atoms with Gasteiger partial charge in [-0.3, -0.25) is 4.79 Å². The van der Waals surface area contributed by atoms with Crippen LogP contribution in [0.3, 0.4) is 0 Å². The molecule has 13 heteroatoms. The van der Waals surface area contributed by atoms with E-state index in [0.29, 0.717) is 17.0 Å². The van der Waals surface area contributed by atoms with E-state index in [1.54, 1.807) is 68.8 Å². The van der Waals surface area contributed by atoms with Crippen molar-refractivity contribution in [2.75, 3.05) is 32.8 Å². The fourth-order valence-corrected chi connectivity index (χ4v) is 8.86. The van der Waals surface area contributed by atoms with Gasteiger partial charge in [0.05, 0.1) is 30.2 Å². The predicted molar refractivity (Wildman–Crippen MR) is 185 cm³/mol. The van der Waals surface area contributed by atoms with Crippen LogP contribution in [0.5, 0.6) is 11.5 Å². The third-order valence-corrected chi connectivity index (χ3v) is 11.8. The largest absolute Gasteiger partial charge is 0.497 e. The zero-order chi connectivity index (χ0) is 33.6. The zero-order valence-electron chi connectivity index (χ0n) is 26.1. The minimum atomic E-state index is -3.95. The van der Waals surface area contributed by atoms with Crippen molar-refractivity contribution in [3.8, 4) is 22.6 Å². The maximum Gasteiger partial charge on any atom is 0.245 e. The van der Waals surface area contributed by atoms with Gasteiger partial charge in [-0.2, -0.15) is 4.31 Å². The Hall–Kier alpha value is -4.30. The lowest BCUT2D eigenvalue weighted by molar-refractivity contribution is -0.120. The predicted octanol–water partition coefficient (Wildman–Crippen LogP) is 5.21. The summed E-state index contributed by atoms with van der Waals surface area (Å²) in [5.74, 6) is 0.0151. The van der Waals surface area contributed by atoms with E-state index in [1.807, 2.05) is 42.5 Å². The quantitative estimate of drug-likeness (QED) is 0.168. The SMILES string of the molecule is COc1ccc(CN(Cc2ccc(OC)cc2)S(=O)(=O)CCNC(=O)C(c2nc3ccc(-c4ccccc4)cc3s2)S(C)(=O)=O)cc1. The van der Waals surface area contributed by atoms with Crippen LogP contribution in [0.2, 0.25) is 0 Å². The van der Waals surface area contributed by atoms with Gasteiger partial charge < -0.3 is 14.8 Å². The molecule has 5 rings (SSSR count). The molecule has 0 aliphatic rings. The van der Waals surface area contributed by atoms with Gasteiger partial charge in [-0.15, -0.1) is 11.3 Å². The van der Waals surface area contributed by atoms with E-state index < -0.39 is 36.8 Å². The topological polar surface area (TPSA) is 132 Å². The van der Waals surface area contributed by atoms with Gasteiger partial charge in [0.25, 0.3) is 0 Å². The van der Waals surface area contributed by atoms with E-state index in [-0.39, 0.29) is 24.6 Å². The molecule has 0 aliphatic carbocycles. The molecule has 4 aromatic carbocycles. The van der Waals surface area contributed by atoms with Crippen LogP contribution >= 0.6 is 11.3 Å². The number of amides is 1. The standard InChI is InChI=1S/C34H35N3O7S3/c1-43-28-14-9-24(10-15-28)22-37(23-25-11-16-29(44-2)17-12-25)47(41,42)20-19-35-33(38)32(46(3,39)40)34-36-30-18-13-27(21-31(30)45-34)26-7-5-4-6-8-26/h4-18,21,32H,19-20,22-23H2,1-3H3,(H,35,38). The second kappa shape index (κ2) is 14.6. The molecular weight excluding hydrogens is 659 g/mol. The molecule has 5 aromatic rings. The number of fused-ring (bicyclic) bond motifs is 1. The van der Waals surface area contributed by atoms with Crippen molar-refractivity contribution in [1.82, 2.24) is 14.6 Å². The molecule has 0 fully saturated rings. The van der Waals surface area contributed by atoms with Crippen molar-refractivity contribution in [2.24, 2.45) is 0 Å². The van der Waals surface area contributed by atoms with Gasteiger partial charge in [0.15, 0.2) is 15.1 Å². The average Bonchev–Trinajstić information content (AvgIpc) is 3.47. The summed E-state index contributed by atoms with van der Waals surface area (Å²) >= 11 is 1.13. The normalized spacial score (nSPS) is 12.6. The van der Waals surface area contributed by atoms with Crippen LogP contribution in [0.1, 0.15) is 21.4 Å². The number of nitrogens with one attached hydrogen (secondary N) is 1. The van der Waals surface area contributed by atoms with Crippen LogP contribution in [-0.4, -0.2) is 64.8 Å². The second-order valence-electron chi connectivity index (χ2n) is 10.9. The van der Waals surface area contributed by atoms with E-state index >= 15 is 0 Å². The minimum Gasteiger partial charge on any atom is -0.497 e. The summed E-state index contributed by atoms with van der Waals surface area (Å²) in [6.45, 7) is -0.137. The van der Waals surface area contributed by atoms with Gasteiger partial charge in [0.1, 0.15) is 16.5 Å². The van der Waals surface area contributed by atoms with E-state index in [0.717, 1.165) is 44.5 Å². The third kappa shape index (κ3) is 8.55. The Kier molecular flexibility index (Phi) is 10.6. The Morgan fingerprint density at radius 3 is 1.91 bits per heavy atom. The van der Waals surface area contributed by atoms with Gasteiger partial charge in [-0.05, 0) is 58.7 Å². The van der Waals surface area contributed by atoms with Gasteiger partial charge >= 0.3 is 0 Å². The smallest absolute Gasteiger partial charge is 0.245 e. The summed E-state index contributed by atoms with van der Waals surface area (Å²) in [6.07, 6.45) is 0.973. The first-order valence-electron chi connectivity index (χ1n) is 14.6. The van der Waals surface area contributed by atoms with E-state index in [9.17, 15) is 21.6 Å². The lowest BCUT2D eigenvalue weighted by Crippen LogP contribution is -2.39. The Morgan fingerprint density at radius 2 is 1.38 bits per heavy atom. The highest BCUT2D eigenvalue weighted by molar-refractivity contribution is 7.91. The maximum absolute atomic E-state index is 13.7. The van der Waals surface area contributed by atoms with Crippen LogP contribution in [0, 0.1) is 0 Å². The fraction of sp³-hybridized carbons (Fsp3) is 0.235. The number of methoxy groups -OCH3 is 2. The number of carbonyl (C=O) groups excluding carboxylic acids is 1. The Bertz CT molecular complexity index is 2000. The number of hydrogen-bond donors (Lipinski definition) is 1. The summed E-state index contributed by atoms with van der Waals surface area (Å²) in [6, 6.07) is 29.5. The molecule has 0 bridgehead atoms. The molecule has 246 valence electrons. The number of nitrogens with zero attached hydrogens (tertiary/aromatic N) is 2. The van der Waals surface area contributed by atoms with Gasteiger partial charge in [-0.1, -0.05) is 60.7 Å². The van der Waals surface area contributed by atoms with Crippen molar-refractivity contribution < 1.29 is 31.1 Å². The van der Waals surface area contributed by atoms with Gasteiger partial charge in [0.2, 0.25) is 15.9 Å². The number of sulfone groups is 1. The van der Waals surface area contributed by atoms with Crippen LogP contribution in [-0.2, 0) is 37.7 Å². The molecule has 1 heterocycles. The van der Waals surface area contributed by atoms with E-state index in [4.69, 9.17) is 9.47 Å². The van der Waals surface area contributed by atoms with E-state index in [2.05, 4.69) is 10.3 Å². The number of thiazole rings is 1. The Labute approximate surface area is 279 Å². The molecule has 0 saturated carbocycles. The molecule has 1 unspecified atom stereocenters. The van der Waals surface area contributed by atoms with Crippen molar-refractivity contribution in [2.45, 2.75) is 18.3 Å². The van der Waals surface area contributed by atoms with Crippen molar-refractivity contribution in [1.29, 1.82) is 0 Å². The number of rotatable bonds is 14. The lowest BCUT2D eigenvalue weighted by Gasteiger charge is -2.23. The number of benzene rings is 4. The highest BCUT2D eigenvalue weighted by atomic mass is 32.2. The molecule has 0 spiro atoms. The second-order valence-corrected chi connectivity index (χ2v) is 16.2. The number of carbonyl (C=O) groups is 1. The first-order chi connectivity index (χ1) is 22.5. The monoisotopic (exact) mass is 693 g/mol. The molecule has 1 atom stereocenters. The van der Waals surface area contributed by atoms with Crippen LogP contribution in [0.15, 0.2) is 97.1 Å². The molecule has 0 radical (unpaired) electrons. The first kappa shape index (κ1) is 34.0. The fourth-order valence-electron chi connectivity index (χ4n) is 5.00. The number of hydrogen-bond acceptors (Lipinski definition) is 9. The molecule has 1 N–H and O–H groups in total. The lowest BCUT2D eigenvalue weighted by atomic mass is 10.1. The van der Waals surface area contributed by atoms with Gasteiger partial charge in [-0.25, -0.2) is 21.8 Å². The number of sulfonamides is 1. The minimum absolute atomic E-state index is 0.0783. The molecule has 10 nitrogen and oxygen atoms in total. The highest BCUT2D eigenvalue weighted by Gasteiger charge is 2.34. The van der Waals surface area contributed by atoms with Crippen molar-refractivity contribution in [3.63, 3.8) is 0 Å². The Balaban J connectivity index is 1.32. The zero-order valence-corrected chi connectivity index (χ0v) is 28.6. The summed E-state index contributed by atoms with van der Waals surface area (Å²) < 4.78 is 65.6. The number of ether oxygens (including phenoxy) is 2. The summed E-state index contributed by atoms with van der Waals surface area (Å²) in [5.41, 5.74) is 4.00. The first-order valence-corrected chi connectivity index (χ1v) is 19.0. The average molecular weight is 694 g/mol. The summed E-state index contributed by atoms with van der Waals surface area (Å²) in [4.78, 5) is 17.8. The van der Waals surface area contributed by atoms with Crippen molar-refractivity contribution in [3.05, 3.63) is 113 Å². The van der Waals surface area contributed by atoms with Crippen molar-refractivity contribution >= 4 is 47.3 Å². The Morgan fingerprint density at radius 1 is 0.809 bits per heavy atom. The van der Waals surface area contributed by atoms with Crippen LogP contribution in [0.4, 0.5) is 0 Å².